The Balaban J connectivity index is 3.43. The molecule has 0 saturated heterocycles. The van der Waals surface area contributed by atoms with Crippen LogP contribution in [0.2, 0.25) is 0 Å². The maximum Gasteiger partial charge on any atom is 0.129 e. The fraction of sp³-hybridized carbons (Fsp3) is 0.909. The van der Waals surface area contributed by atoms with Crippen LogP contribution < -0.4 is 5.32 Å². The predicted octanol–water partition coefficient (Wildman–Crippen LogP) is 1.66. The van der Waals surface area contributed by atoms with E-state index in [1.807, 2.05) is 6.92 Å². The molecule has 4 heteroatoms. The maximum atomic E-state index is 5.17. The summed E-state index contributed by atoms with van der Waals surface area (Å²) in [5.41, 5.74) is 1.03. The lowest BCUT2D eigenvalue weighted by Gasteiger charge is -2.11. The fourth-order valence-corrected chi connectivity index (χ4v) is 0.913. The predicted molar refractivity (Wildman–Crippen MR) is 63.2 cm³/mol. The maximum absolute atomic E-state index is 5.17. The average molecular weight is 216 g/mol. The van der Waals surface area contributed by atoms with E-state index >= 15 is 0 Å². The van der Waals surface area contributed by atoms with E-state index in [0.717, 1.165) is 12.3 Å². The molecule has 0 spiro atoms. The minimum atomic E-state index is 0.355. The number of methoxy groups -OCH3 is 1. The molecule has 1 atom stereocenters. The first-order chi connectivity index (χ1) is 7.07. The largest absolute Gasteiger partial charge is 0.394 e. The minimum absolute atomic E-state index is 0.355. The van der Waals surface area contributed by atoms with Crippen molar-refractivity contribution in [2.45, 2.75) is 33.7 Å². The van der Waals surface area contributed by atoms with Crippen LogP contribution in [0, 0.1) is 5.92 Å². The second kappa shape index (κ2) is 8.68. The van der Waals surface area contributed by atoms with E-state index in [2.05, 4.69) is 31.2 Å². The van der Waals surface area contributed by atoms with Gasteiger partial charge in [-0.1, -0.05) is 19.0 Å². The Kier molecular flexibility index (Phi) is 8.33. The van der Waals surface area contributed by atoms with Gasteiger partial charge in [0.1, 0.15) is 6.61 Å². The van der Waals surface area contributed by atoms with E-state index in [1.54, 1.807) is 7.11 Å². The fourth-order valence-electron chi connectivity index (χ4n) is 0.913. The molecular formula is C11H24N2O2. The van der Waals surface area contributed by atoms with Crippen molar-refractivity contribution < 1.29 is 9.57 Å². The third kappa shape index (κ3) is 8.39. The third-order valence-corrected chi connectivity index (χ3v) is 2.15. The zero-order valence-corrected chi connectivity index (χ0v) is 10.5. The van der Waals surface area contributed by atoms with Crippen LogP contribution in [0.15, 0.2) is 5.16 Å². The Hall–Kier alpha value is -0.610. The highest BCUT2D eigenvalue weighted by Gasteiger charge is 2.00. The van der Waals surface area contributed by atoms with Crippen molar-refractivity contribution in [2.75, 3.05) is 26.9 Å². The van der Waals surface area contributed by atoms with Crippen LogP contribution in [-0.2, 0) is 9.57 Å². The molecule has 0 bridgehead atoms. The van der Waals surface area contributed by atoms with Crippen molar-refractivity contribution in [1.82, 2.24) is 5.32 Å². The molecule has 1 N–H and O–H groups in total. The number of nitrogens with one attached hydrogen (secondary N) is 1. The molecule has 0 aromatic rings. The molecule has 0 amide bonds. The highest BCUT2D eigenvalue weighted by Crippen LogP contribution is 1.96. The van der Waals surface area contributed by atoms with Gasteiger partial charge in [-0.25, -0.2) is 0 Å². The molecule has 15 heavy (non-hydrogen) atoms. The summed E-state index contributed by atoms with van der Waals surface area (Å²) < 4.78 is 5.00. The second-order valence-corrected chi connectivity index (χ2v) is 4.03. The minimum Gasteiger partial charge on any atom is -0.394 e. The van der Waals surface area contributed by atoms with Gasteiger partial charge < -0.3 is 14.9 Å². The van der Waals surface area contributed by atoms with E-state index in [-0.39, 0.29) is 0 Å². The molecule has 0 aliphatic rings. The summed E-state index contributed by atoms with van der Waals surface area (Å²) in [6, 6.07) is 0.355. The molecular weight excluding hydrogens is 192 g/mol. The molecule has 1 unspecified atom stereocenters. The van der Waals surface area contributed by atoms with Crippen LogP contribution in [0.25, 0.3) is 0 Å². The molecule has 0 rings (SSSR count). The smallest absolute Gasteiger partial charge is 0.129 e. The topological polar surface area (TPSA) is 42.8 Å². The van der Waals surface area contributed by atoms with Crippen molar-refractivity contribution in [2.24, 2.45) is 11.1 Å². The molecule has 90 valence electrons. The summed E-state index contributed by atoms with van der Waals surface area (Å²) >= 11 is 0. The lowest BCUT2D eigenvalue weighted by Crippen LogP contribution is -2.32. The highest BCUT2D eigenvalue weighted by atomic mass is 16.6. The van der Waals surface area contributed by atoms with Crippen molar-refractivity contribution >= 4 is 5.71 Å². The van der Waals surface area contributed by atoms with Crippen molar-refractivity contribution in [3.63, 3.8) is 0 Å². The first-order valence-electron chi connectivity index (χ1n) is 5.46. The number of ether oxygens (including phenoxy) is 1. The number of nitrogens with zero attached hydrogens (tertiary/aromatic N) is 1. The van der Waals surface area contributed by atoms with E-state index < -0.39 is 0 Å². The molecule has 4 nitrogen and oxygen atoms in total. The van der Waals surface area contributed by atoms with Crippen LogP contribution in [0.1, 0.15) is 27.7 Å². The monoisotopic (exact) mass is 216 g/mol. The van der Waals surface area contributed by atoms with Crippen LogP contribution >= 0.6 is 0 Å². The SMILES string of the molecule is COCC(C)NCCO/N=C(\C)C(C)C. The van der Waals surface area contributed by atoms with Crippen LogP contribution in [0.4, 0.5) is 0 Å². The van der Waals surface area contributed by atoms with Gasteiger partial charge in [0.15, 0.2) is 0 Å². The van der Waals surface area contributed by atoms with Gasteiger partial charge in [0.05, 0.1) is 12.3 Å². The number of hydrogen-bond donors (Lipinski definition) is 1. The van der Waals surface area contributed by atoms with Crippen LogP contribution in [0.3, 0.4) is 0 Å². The molecule has 0 heterocycles. The normalized spacial score (nSPS) is 14.4. The number of hydrogen-bond acceptors (Lipinski definition) is 4. The summed E-state index contributed by atoms with van der Waals surface area (Å²) in [5.74, 6) is 0.449. The van der Waals surface area contributed by atoms with Gasteiger partial charge >= 0.3 is 0 Å². The lowest BCUT2D eigenvalue weighted by atomic mass is 10.1. The first kappa shape index (κ1) is 14.4. The van der Waals surface area contributed by atoms with Crippen LogP contribution in [-0.4, -0.2) is 38.6 Å². The van der Waals surface area contributed by atoms with Gasteiger partial charge in [-0.05, 0) is 19.8 Å². The van der Waals surface area contributed by atoms with Gasteiger partial charge in [-0.15, -0.1) is 0 Å². The van der Waals surface area contributed by atoms with Gasteiger partial charge in [0, 0.05) is 19.7 Å². The molecule has 0 aliphatic carbocycles. The molecule has 0 radical (unpaired) electrons. The molecule has 0 aliphatic heterocycles. The van der Waals surface area contributed by atoms with Gasteiger partial charge in [-0.3, -0.25) is 0 Å². The zero-order chi connectivity index (χ0) is 11.7. The van der Waals surface area contributed by atoms with E-state index in [1.165, 1.54) is 0 Å². The number of rotatable bonds is 8. The van der Waals surface area contributed by atoms with Crippen molar-refractivity contribution in [3.8, 4) is 0 Å². The standard InChI is InChI=1S/C11H24N2O2/c1-9(2)11(4)13-15-7-6-12-10(3)8-14-5/h9-10,12H,6-8H2,1-5H3/b13-11+. The first-order valence-corrected chi connectivity index (χ1v) is 5.46. The number of oxime groups is 1. The Labute approximate surface area is 93.0 Å². The summed E-state index contributed by atoms with van der Waals surface area (Å²) in [6.45, 7) is 10.4. The summed E-state index contributed by atoms with van der Waals surface area (Å²) in [7, 11) is 1.70. The second-order valence-electron chi connectivity index (χ2n) is 4.03. The highest BCUT2D eigenvalue weighted by molar-refractivity contribution is 5.83. The summed E-state index contributed by atoms with van der Waals surface area (Å²) in [5, 5.41) is 7.28. The Morgan fingerprint density at radius 1 is 1.33 bits per heavy atom. The molecule has 0 fully saturated rings. The quantitative estimate of drug-likeness (QED) is 0.381. The Bertz CT molecular complexity index is 181. The van der Waals surface area contributed by atoms with Crippen molar-refractivity contribution in [3.05, 3.63) is 0 Å². The Morgan fingerprint density at radius 3 is 2.53 bits per heavy atom. The lowest BCUT2D eigenvalue weighted by molar-refractivity contribution is 0.131. The van der Waals surface area contributed by atoms with E-state index in [4.69, 9.17) is 9.57 Å². The summed E-state index contributed by atoms with van der Waals surface area (Å²) in [6.07, 6.45) is 0. The van der Waals surface area contributed by atoms with E-state index in [9.17, 15) is 0 Å². The van der Waals surface area contributed by atoms with E-state index in [0.29, 0.717) is 25.2 Å². The molecule has 0 saturated carbocycles. The van der Waals surface area contributed by atoms with Gasteiger partial charge in [-0.2, -0.15) is 0 Å². The zero-order valence-electron chi connectivity index (χ0n) is 10.5. The molecule has 0 aromatic heterocycles. The Morgan fingerprint density at radius 2 is 2.00 bits per heavy atom. The average Bonchev–Trinajstić information content (AvgIpc) is 2.17. The van der Waals surface area contributed by atoms with Gasteiger partial charge in [0.2, 0.25) is 0 Å². The van der Waals surface area contributed by atoms with Gasteiger partial charge in [0.25, 0.3) is 0 Å². The van der Waals surface area contributed by atoms with Crippen LogP contribution in [0.5, 0.6) is 0 Å². The third-order valence-electron chi connectivity index (χ3n) is 2.15. The summed E-state index contributed by atoms with van der Waals surface area (Å²) in [4.78, 5) is 5.17. The molecule has 0 aromatic carbocycles. The van der Waals surface area contributed by atoms with Crippen molar-refractivity contribution in [1.29, 1.82) is 0 Å².